The molecule has 1 aromatic carbocycles. The molecule has 1 amide bonds. The highest BCUT2D eigenvalue weighted by atomic mass is 16.5. The molecule has 2 atom stereocenters. The standard InChI is InChI=1S/C21H29N5O2/c1-25(2)12-17-13-26(20-10-11-22-15-23-20)14-19(17)24-21(27)9-6-16-4-7-18(28-3)8-5-16/h4-5,7-8,10-11,15,17,19H,6,9,12-14H2,1-3H3,(H,24,27)/t17-,19-/m1/s1. The van der Waals surface area contributed by atoms with Crippen molar-refractivity contribution < 1.29 is 9.53 Å². The number of hydrogen-bond donors (Lipinski definition) is 1. The van der Waals surface area contributed by atoms with Crippen LogP contribution in [0.4, 0.5) is 5.82 Å². The number of methoxy groups -OCH3 is 1. The van der Waals surface area contributed by atoms with Crippen molar-refractivity contribution in [3.05, 3.63) is 48.4 Å². The summed E-state index contributed by atoms with van der Waals surface area (Å²) in [5.41, 5.74) is 1.13. The molecule has 28 heavy (non-hydrogen) atoms. The number of hydrogen-bond acceptors (Lipinski definition) is 6. The normalized spacial score (nSPS) is 19.1. The quantitative estimate of drug-likeness (QED) is 0.747. The number of nitrogens with zero attached hydrogens (tertiary/aromatic N) is 4. The molecule has 3 rings (SSSR count). The van der Waals surface area contributed by atoms with E-state index in [1.54, 1.807) is 19.6 Å². The largest absolute Gasteiger partial charge is 0.497 e. The molecule has 0 aliphatic carbocycles. The highest BCUT2D eigenvalue weighted by molar-refractivity contribution is 5.76. The summed E-state index contributed by atoms with van der Waals surface area (Å²) in [5.74, 6) is 2.19. The zero-order chi connectivity index (χ0) is 19.9. The minimum atomic E-state index is 0.0918. The molecule has 0 spiro atoms. The number of rotatable bonds is 8. The van der Waals surface area contributed by atoms with Crippen molar-refractivity contribution in [2.45, 2.75) is 18.9 Å². The van der Waals surface area contributed by atoms with Crippen LogP contribution in [0.5, 0.6) is 5.75 Å². The second-order valence-electron chi connectivity index (χ2n) is 7.52. The number of amides is 1. The predicted octanol–water partition coefficient (Wildman–Crippen LogP) is 1.60. The molecule has 0 radical (unpaired) electrons. The lowest BCUT2D eigenvalue weighted by Gasteiger charge is -2.22. The van der Waals surface area contributed by atoms with Gasteiger partial charge in [-0.2, -0.15) is 0 Å². The molecular weight excluding hydrogens is 354 g/mol. The van der Waals surface area contributed by atoms with Crippen LogP contribution in [0.1, 0.15) is 12.0 Å². The maximum atomic E-state index is 12.6. The molecule has 2 heterocycles. The first kappa shape index (κ1) is 20.1. The first-order chi connectivity index (χ1) is 13.5. The number of aryl methyl sites for hydroxylation is 1. The van der Waals surface area contributed by atoms with Gasteiger partial charge in [-0.1, -0.05) is 12.1 Å². The number of carbonyl (C=O) groups is 1. The molecule has 1 fully saturated rings. The molecule has 150 valence electrons. The molecular formula is C21H29N5O2. The molecule has 7 heteroatoms. The number of anilines is 1. The molecule has 2 aromatic rings. The lowest BCUT2D eigenvalue weighted by atomic mass is 10.0. The summed E-state index contributed by atoms with van der Waals surface area (Å²) >= 11 is 0. The Hall–Kier alpha value is -2.67. The van der Waals surface area contributed by atoms with Crippen molar-refractivity contribution in [3.63, 3.8) is 0 Å². The smallest absolute Gasteiger partial charge is 0.220 e. The van der Waals surface area contributed by atoms with Crippen molar-refractivity contribution in [1.29, 1.82) is 0 Å². The molecule has 1 aliphatic heterocycles. The molecule has 1 saturated heterocycles. The van der Waals surface area contributed by atoms with Gasteiger partial charge in [0, 0.05) is 38.2 Å². The van der Waals surface area contributed by atoms with E-state index in [9.17, 15) is 4.79 Å². The van der Waals surface area contributed by atoms with Gasteiger partial charge in [0.25, 0.3) is 0 Å². The van der Waals surface area contributed by atoms with Gasteiger partial charge in [0.15, 0.2) is 0 Å². The second kappa shape index (κ2) is 9.50. The average Bonchev–Trinajstić information content (AvgIpc) is 3.09. The Morgan fingerprint density at radius 3 is 2.68 bits per heavy atom. The van der Waals surface area contributed by atoms with E-state index in [1.807, 2.05) is 30.3 Å². The molecule has 1 N–H and O–H groups in total. The van der Waals surface area contributed by atoms with E-state index in [2.05, 4.69) is 39.2 Å². The van der Waals surface area contributed by atoms with E-state index in [1.165, 1.54) is 0 Å². The number of carbonyl (C=O) groups excluding carboxylic acids is 1. The van der Waals surface area contributed by atoms with Crippen LogP contribution in [-0.2, 0) is 11.2 Å². The third kappa shape index (κ3) is 5.42. The van der Waals surface area contributed by atoms with E-state index in [4.69, 9.17) is 4.74 Å². The third-order valence-electron chi connectivity index (χ3n) is 5.08. The Labute approximate surface area is 166 Å². The summed E-state index contributed by atoms with van der Waals surface area (Å²) in [4.78, 5) is 25.3. The van der Waals surface area contributed by atoms with Crippen LogP contribution >= 0.6 is 0 Å². The minimum Gasteiger partial charge on any atom is -0.497 e. The lowest BCUT2D eigenvalue weighted by Crippen LogP contribution is -2.43. The van der Waals surface area contributed by atoms with Crippen LogP contribution in [0.15, 0.2) is 42.9 Å². The van der Waals surface area contributed by atoms with Crippen molar-refractivity contribution in [2.75, 3.05) is 45.7 Å². The zero-order valence-corrected chi connectivity index (χ0v) is 16.8. The van der Waals surface area contributed by atoms with Crippen molar-refractivity contribution >= 4 is 11.7 Å². The summed E-state index contributed by atoms with van der Waals surface area (Å²) < 4.78 is 5.18. The minimum absolute atomic E-state index is 0.0918. The van der Waals surface area contributed by atoms with Crippen molar-refractivity contribution in [2.24, 2.45) is 5.92 Å². The van der Waals surface area contributed by atoms with Crippen molar-refractivity contribution in [3.8, 4) is 5.75 Å². The number of ether oxygens (including phenoxy) is 1. The highest BCUT2D eigenvalue weighted by Crippen LogP contribution is 2.23. The van der Waals surface area contributed by atoms with Crippen molar-refractivity contribution in [1.82, 2.24) is 20.2 Å². The van der Waals surface area contributed by atoms with Crippen LogP contribution in [0.25, 0.3) is 0 Å². The van der Waals surface area contributed by atoms with Gasteiger partial charge in [0.2, 0.25) is 5.91 Å². The van der Waals surface area contributed by atoms with Crippen LogP contribution in [0.2, 0.25) is 0 Å². The van der Waals surface area contributed by atoms with Gasteiger partial charge >= 0.3 is 0 Å². The number of benzene rings is 1. The van der Waals surface area contributed by atoms with E-state index >= 15 is 0 Å². The third-order valence-corrected chi connectivity index (χ3v) is 5.08. The zero-order valence-electron chi connectivity index (χ0n) is 16.8. The van der Waals surface area contributed by atoms with Gasteiger partial charge < -0.3 is 19.9 Å². The van der Waals surface area contributed by atoms with Crippen LogP contribution in [0, 0.1) is 5.92 Å². The maximum Gasteiger partial charge on any atom is 0.220 e. The van der Waals surface area contributed by atoms with E-state index < -0.39 is 0 Å². The summed E-state index contributed by atoms with van der Waals surface area (Å²) in [6, 6.07) is 9.90. The summed E-state index contributed by atoms with van der Waals surface area (Å²) in [7, 11) is 5.78. The topological polar surface area (TPSA) is 70.6 Å². The van der Waals surface area contributed by atoms with Crippen LogP contribution < -0.4 is 15.0 Å². The Bertz CT molecular complexity index is 751. The van der Waals surface area contributed by atoms with Crippen LogP contribution in [0.3, 0.4) is 0 Å². The molecule has 0 bridgehead atoms. The molecule has 1 aliphatic rings. The first-order valence-electron chi connectivity index (χ1n) is 9.63. The Morgan fingerprint density at radius 1 is 1.25 bits per heavy atom. The van der Waals surface area contributed by atoms with Gasteiger partial charge in [-0.05, 0) is 44.3 Å². The second-order valence-corrected chi connectivity index (χ2v) is 7.52. The fraction of sp³-hybridized carbons (Fsp3) is 0.476. The Balaban J connectivity index is 1.57. The number of aromatic nitrogens is 2. The SMILES string of the molecule is COc1ccc(CCC(=O)N[C@@H]2CN(c3ccncn3)C[C@H]2CN(C)C)cc1. The lowest BCUT2D eigenvalue weighted by molar-refractivity contribution is -0.121. The van der Waals surface area contributed by atoms with E-state index in [0.29, 0.717) is 12.3 Å². The van der Waals surface area contributed by atoms with Gasteiger partial charge in [0.1, 0.15) is 17.9 Å². The fourth-order valence-corrected chi connectivity index (χ4v) is 3.68. The first-order valence-corrected chi connectivity index (χ1v) is 9.63. The van der Waals surface area contributed by atoms with Crippen LogP contribution in [-0.4, -0.2) is 67.7 Å². The summed E-state index contributed by atoms with van der Waals surface area (Å²) in [5, 5.41) is 3.25. The Morgan fingerprint density at radius 2 is 2.04 bits per heavy atom. The summed E-state index contributed by atoms with van der Waals surface area (Å²) in [6.45, 7) is 2.56. The average molecular weight is 383 g/mol. The van der Waals surface area contributed by atoms with E-state index in [-0.39, 0.29) is 11.9 Å². The molecule has 0 unspecified atom stereocenters. The van der Waals surface area contributed by atoms with E-state index in [0.717, 1.165) is 43.2 Å². The highest BCUT2D eigenvalue weighted by Gasteiger charge is 2.34. The van der Waals surface area contributed by atoms with Gasteiger partial charge in [-0.15, -0.1) is 0 Å². The van der Waals surface area contributed by atoms with Gasteiger partial charge in [-0.3, -0.25) is 4.79 Å². The fourth-order valence-electron chi connectivity index (χ4n) is 3.68. The Kier molecular flexibility index (Phi) is 6.81. The molecule has 0 saturated carbocycles. The van der Waals surface area contributed by atoms with Gasteiger partial charge in [0.05, 0.1) is 13.2 Å². The molecule has 7 nitrogen and oxygen atoms in total. The monoisotopic (exact) mass is 383 g/mol. The maximum absolute atomic E-state index is 12.6. The molecule has 1 aromatic heterocycles. The number of nitrogens with one attached hydrogen (secondary N) is 1. The summed E-state index contributed by atoms with van der Waals surface area (Å²) in [6.07, 6.45) is 4.52. The predicted molar refractivity (Wildman–Crippen MR) is 110 cm³/mol. The van der Waals surface area contributed by atoms with Gasteiger partial charge in [-0.25, -0.2) is 9.97 Å².